The van der Waals surface area contributed by atoms with Gasteiger partial charge >= 0.3 is 0 Å². The summed E-state index contributed by atoms with van der Waals surface area (Å²) in [5.74, 6) is 0.479. The van der Waals surface area contributed by atoms with Crippen LogP contribution in [0.15, 0.2) is 0 Å². The minimum atomic E-state index is 0.0555. The molecule has 7 heteroatoms. The van der Waals surface area contributed by atoms with E-state index in [0.29, 0.717) is 45.8 Å². The molecule has 2 saturated heterocycles. The molecule has 0 aromatic carbocycles. The van der Waals surface area contributed by atoms with Crippen molar-refractivity contribution in [2.75, 3.05) is 39.4 Å². The van der Waals surface area contributed by atoms with E-state index in [2.05, 4.69) is 5.10 Å². The van der Waals surface area contributed by atoms with Crippen LogP contribution in [0.1, 0.15) is 36.2 Å². The fourth-order valence-electron chi connectivity index (χ4n) is 3.99. The van der Waals surface area contributed by atoms with Gasteiger partial charge in [-0.3, -0.25) is 14.3 Å². The minimum absolute atomic E-state index is 0.0555. The highest BCUT2D eigenvalue weighted by Crippen LogP contribution is 2.22. The lowest BCUT2D eigenvalue weighted by Crippen LogP contribution is -2.47. The Labute approximate surface area is 155 Å². The molecule has 0 N–H and O–H groups in total. The Hall–Kier alpha value is -1.89. The predicted molar refractivity (Wildman–Crippen MR) is 97.7 cm³/mol. The summed E-state index contributed by atoms with van der Waals surface area (Å²) in [7, 11) is 1.93. The first-order chi connectivity index (χ1) is 12.5. The lowest BCUT2D eigenvalue weighted by molar-refractivity contribution is -0.143. The van der Waals surface area contributed by atoms with E-state index >= 15 is 0 Å². The summed E-state index contributed by atoms with van der Waals surface area (Å²) in [6, 6.07) is 0. The van der Waals surface area contributed by atoms with Gasteiger partial charge in [-0.05, 0) is 38.7 Å². The number of carbonyl (C=O) groups excluding carboxylic acids is 2. The van der Waals surface area contributed by atoms with Gasteiger partial charge in [-0.2, -0.15) is 5.10 Å². The molecule has 1 aromatic rings. The average molecular weight is 362 g/mol. The number of morpholine rings is 1. The summed E-state index contributed by atoms with van der Waals surface area (Å²) in [6.07, 6.45) is 2.78. The summed E-state index contributed by atoms with van der Waals surface area (Å²) in [4.78, 5) is 29.0. The first kappa shape index (κ1) is 18.9. The molecule has 26 heavy (non-hydrogen) atoms. The molecule has 0 bridgehead atoms. The van der Waals surface area contributed by atoms with Crippen molar-refractivity contribution in [1.82, 2.24) is 19.6 Å². The second-order valence-corrected chi connectivity index (χ2v) is 7.37. The van der Waals surface area contributed by atoms with Crippen LogP contribution in [0.25, 0.3) is 0 Å². The summed E-state index contributed by atoms with van der Waals surface area (Å²) in [5.41, 5.74) is 3.32. The highest BCUT2D eigenvalue weighted by molar-refractivity contribution is 5.80. The van der Waals surface area contributed by atoms with Crippen LogP contribution in [0.5, 0.6) is 0 Å². The molecule has 0 unspecified atom stereocenters. The van der Waals surface area contributed by atoms with Crippen molar-refractivity contribution in [3.8, 4) is 0 Å². The molecule has 2 amide bonds. The van der Waals surface area contributed by atoms with E-state index < -0.39 is 0 Å². The number of piperidine rings is 1. The molecule has 0 spiro atoms. The lowest BCUT2D eigenvalue weighted by Gasteiger charge is -2.35. The van der Waals surface area contributed by atoms with Crippen LogP contribution in [0.3, 0.4) is 0 Å². The largest absolute Gasteiger partial charge is 0.378 e. The van der Waals surface area contributed by atoms with Crippen molar-refractivity contribution < 1.29 is 14.3 Å². The van der Waals surface area contributed by atoms with E-state index in [0.717, 1.165) is 30.7 Å². The minimum Gasteiger partial charge on any atom is -0.378 e. The molecule has 0 radical (unpaired) electrons. The van der Waals surface area contributed by atoms with Crippen molar-refractivity contribution in [2.24, 2.45) is 13.0 Å². The van der Waals surface area contributed by atoms with Gasteiger partial charge in [0.25, 0.3) is 0 Å². The summed E-state index contributed by atoms with van der Waals surface area (Å²) in [6.45, 7) is 8.07. The van der Waals surface area contributed by atoms with Gasteiger partial charge in [-0.15, -0.1) is 0 Å². The zero-order chi connectivity index (χ0) is 18.7. The molecule has 3 heterocycles. The monoisotopic (exact) mass is 362 g/mol. The first-order valence-corrected chi connectivity index (χ1v) is 9.60. The van der Waals surface area contributed by atoms with Gasteiger partial charge in [0.15, 0.2) is 0 Å². The van der Waals surface area contributed by atoms with E-state index in [1.165, 1.54) is 5.56 Å². The van der Waals surface area contributed by atoms with Crippen LogP contribution in [0.4, 0.5) is 0 Å². The van der Waals surface area contributed by atoms with E-state index in [9.17, 15) is 9.59 Å². The van der Waals surface area contributed by atoms with Gasteiger partial charge in [0, 0.05) is 51.3 Å². The first-order valence-electron chi connectivity index (χ1n) is 9.60. The van der Waals surface area contributed by atoms with Crippen LogP contribution in [-0.4, -0.2) is 70.8 Å². The Morgan fingerprint density at radius 3 is 2.31 bits per heavy atom. The Balaban J connectivity index is 1.46. The quantitative estimate of drug-likeness (QED) is 0.803. The Kier molecular flexibility index (Phi) is 5.96. The van der Waals surface area contributed by atoms with E-state index in [1.54, 1.807) is 0 Å². The van der Waals surface area contributed by atoms with Crippen LogP contribution in [0, 0.1) is 19.8 Å². The number of likely N-dealkylation sites (tertiary alicyclic amines) is 1. The number of carbonyl (C=O) groups is 2. The average Bonchev–Trinajstić information content (AvgIpc) is 2.91. The Morgan fingerprint density at radius 2 is 1.73 bits per heavy atom. The number of aryl methyl sites for hydroxylation is 2. The Bertz CT molecular complexity index is 656. The van der Waals surface area contributed by atoms with Gasteiger partial charge in [0.2, 0.25) is 11.8 Å². The lowest BCUT2D eigenvalue weighted by atomic mass is 9.94. The maximum atomic E-state index is 12.6. The highest BCUT2D eigenvalue weighted by atomic mass is 16.5. The van der Waals surface area contributed by atoms with Gasteiger partial charge in [0.05, 0.1) is 18.9 Å². The number of nitrogens with zero attached hydrogens (tertiary/aromatic N) is 4. The summed E-state index contributed by atoms with van der Waals surface area (Å²) < 4.78 is 7.19. The SMILES string of the molecule is Cc1nn(C)c(C)c1CCC(=O)N1CCC(C(=O)N2CCOCC2)CC1. The fraction of sp³-hybridized carbons (Fsp3) is 0.737. The molecule has 0 atom stereocenters. The van der Waals surface area contributed by atoms with Crippen LogP contribution < -0.4 is 0 Å². The van der Waals surface area contributed by atoms with E-state index in [-0.39, 0.29) is 17.7 Å². The van der Waals surface area contributed by atoms with E-state index in [1.807, 2.05) is 35.4 Å². The summed E-state index contributed by atoms with van der Waals surface area (Å²) >= 11 is 0. The number of rotatable bonds is 4. The number of amides is 2. The van der Waals surface area contributed by atoms with Crippen molar-refractivity contribution in [2.45, 2.75) is 39.5 Å². The number of ether oxygens (including phenoxy) is 1. The molecule has 7 nitrogen and oxygen atoms in total. The molecule has 1 aromatic heterocycles. The maximum absolute atomic E-state index is 12.6. The highest BCUT2D eigenvalue weighted by Gasteiger charge is 2.30. The third kappa shape index (κ3) is 4.09. The normalized spacial score (nSPS) is 19.0. The second kappa shape index (κ2) is 8.20. The molecule has 0 saturated carbocycles. The molecule has 0 aliphatic carbocycles. The van der Waals surface area contributed by atoms with Crippen molar-refractivity contribution in [1.29, 1.82) is 0 Å². The van der Waals surface area contributed by atoms with Crippen molar-refractivity contribution >= 4 is 11.8 Å². The maximum Gasteiger partial charge on any atom is 0.225 e. The van der Waals surface area contributed by atoms with Gasteiger partial charge in [-0.25, -0.2) is 0 Å². The molecular weight excluding hydrogens is 332 g/mol. The van der Waals surface area contributed by atoms with Crippen molar-refractivity contribution in [3.05, 3.63) is 17.0 Å². The molecule has 144 valence electrons. The zero-order valence-corrected chi connectivity index (χ0v) is 16.2. The van der Waals surface area contributed by atoms with Crippen LogP contribution >= 0.6 is 0 Å². The topological polar surface area (TPSA) is 67.7 Å². The van der Waals surface area contributed by atoms with Gasteiger partial charge < -0.3 is 14.5 Å². The molecule has 2 aliphatic rings. The molecule has 3 rings (SSSR count). The van der Waals surface area contributed by atoms with E-state index in [4.69, 9.17) is 4.74 Å². The van der Waals surface area contributed by atoms with Crippen molar-refractivity contribution in [3.63, 3.8) is 0 Å². The zero-order valence-electron chi connectivity index (χ0n) is 16.2. The third-order valence-corrected chi connectivity index (χ3v) is 5.77. The molecule has 2 fully saturated rings. The van der Waals surface area contributed by atoms with Gasteiger partial charge in [0.1, 0.15) is 0 Å². The Morgan fingerprint density at radius 1 is 1.08 bits per heavy atom. The summed E-state index contributed by atoms with van der Waals surface area (Å²) in [5, 5.41) is 4.42. The smallest absolute Gasteiger partial charge is 0.225 e. The molecule has 2 aliphatic heterocycles. The number of aromatic nitrogens is 2. The third-order valence-electron chi connectivity index (χ3n) is 5.77. The second-order valence-electron chi connectivity index (χ2n) is 7.37. The van der Waals surface area contributed by atoms with Crippen LogP contribution in [-0.2, 0) is 27.8 Å². The molecular formula is C19H30N4O3. The number of hydrogen-bond acceptors (Lipinski definition) is 4. The predicted octanol–water partition coefficient (Wildman–Crippen LogP) is 1.07. The van der Waals surface area contributed by atoms with Gasteiger partial charge in [-0.1, -0.05) is 0 Å². The number of hydrogen-bond donors (Lipinski definition) is 0. The van der Waals surface area contributed by atoms with Crippen LogP contribution in [0.2, 0.25) is 0 Å². The standard InChI is InChI=1S/C19H30N4O3/c1-14-17(15(2)21(3)20-14)4-5-18(24)22-8-6-16(7-9-22)19(25)23-10-12-26-13-11-23/h16H,4-13H2,1-3H3. The fourth-order valence-corrected chi connectivity index (χ4v) is 3.99.